The Balaban J connectivity index is 1.20. The zero-order valence-corrected chi connectivity index (χ0v) is 28.1. The molecule has 2 aliphatic rings. The van der Waals surface area contributed by atoms with E-state index in [4.69, 9.17) is 4.74 Å². The normalized spacial score (nSPS) is 14.3. The number of benzene rings is 2. The van der Waals surface area contributed by atoms with Crippen LogP contribution < -0.4 is 16.0 Å². The van der Waals surface area contributed by atoms with Gasteiger partial charge in [0.25, 0.3) is 11.8 Å². The van der Waals surface area contributed by atoms with Gasteiger partial charge in [0, 0.05) is 69.3 Å². The van der Waals surface area contributed by atoms with Crippen LogP contribution in [0.3, 0.4) is 0 Å². The number of anilines is 2. The Morgan fingerprint density at radius 3 is 1.87 bits per heavy atom. The van der Waals surface area contributed by atoms with Crippen LogP contribution >= 0.6 is 0 Å². The molecule has 0 saturated heterocycles. The van der Waals surface area contributed by atoms with Gasteiger partial charge in [0.15, 0.2) is 11.6 Å². The minimum Gasteiger partial charge on any atom is -0.444 e. The number of amides is 3. The van der Waals surface area contributed by atoms with Gasteiger partial charge in [0.05, 0.1) is 17.9 Å². The lowest BCUT2D eigenvalue weighted by Gasteiger charge is -2.29. The summed E-state index contributed by atoms with van der Waals surface area (Å²) in [6.07, 6.45) is 1.02. The summed E-state index contributed by atoms with van der Waals surface area (Å²) in [7, 11) is 3.71. The Bertz CT molecular complexity index is 1900. The number of fused-ring (bicyclic) bond motifs is 2. The Morgan fingerprint density at radius 2 is 1.34 bits per heavy atom. The van der Waals surface area contributed by atoms with Crippen LogP contribution in [0.1, 0.15) is 75.9 Å². The van der Waals surface area contributed by atoms with Gasteiger partial charge in [-0.25, -0.2) is 14.8 Å². The highest BCUT2D eigenvalue weighted by Gasteiger charge is 2.30. The fourth-order valence-corrected chi connectivity index (χ4v) is 6.35. The maximum atomic E-state index is 13.6. The number of aromatic nitrogens is 4. The predicted molar refractivity (Wildman–Crippen MR) is 179 cm³/mol. The second-order valence-electron chi connectivity index (χ2n) is 13.2. The molecule has 6 rings (SSSR count). The molecular weight excluding hydrogens is 596 g/mol. The van der Waals surface area contributed by atoms with E-state index in [-0.39, 0.29) is 30.3 Å². The first-order valence-electron chi connectivity index (χ1n) is 15.9. The number of nitrogens with zero attached hydrogens (tertiary/aromatic N) is 5. The number of carbonyl (C=O) groups is 3. The molecule has 2 aromatic carbocycles. The standard InChI is InChI=1S/C35H42N8O4/c1-20-22(10-8-12-24(20)39-32(44)30-37-26-18-36-16-14-28(26)41(30)6)23-11-9-13-25(21(23)2)40-33(45)31-38-27-19-43(17-15-29(27)42(31)7)34(46)47-35(3,4)5/h8-13,36H,14-19H2,1-7H3,(H,39,44)(H,40,45). The zero-order chi connectivity index (χ0) is 33.6. The largest absolute Gasteiger partial charge is 0.444 e. The third-order valence-corrected chi connectivity index (χ3v) is 8.90. The third-order valence-electron chi connectivity index (χ3n) is 8.90. The summed E-state index contributed by atoms with van der Waals surface area (Å²) in [5, 5.41) is 9.43. The summed E-state index contributed by atoms with van der Waals surface area (Å²) >= 11 is 0. The van der Waals surface area contributed by atoms with Crippen LogP contribution in [0, 0.1) is 13.8 Å². The summed E-state index contributed by atoms with van der Waals surface area (Å²) in [5.74, 6) is 0.0694. The number of nitrogens with one attached hydrogen (secondary N) is 3. The molecule has 4 aromatic rings. The lowest BCUT2D eigenvalue weighted by atomic mass is 9.94. The van der Waals surface area contributed by atoms with Gasteiger partial charge in [-0.1, -0.05) is 24.3 Å². The quantitative estimate of drug-likeness (QED) is 0.284. The molecule has 2 aromatic heterocycles. The van der Waals surface area contributed by atoms with Crippen LogP contribution in [-0.2, 0) is 44.8 Å². The number of hydrogen-bond acceptors (Lipinski definition) is 7. The first-order valence-corrected chi connectivity index (χ1v) is 15.9. The fraction of sp³-hybridized carbons (Fsp3) is 0.400. The highest BCUT2D eigenvalue weighted by molar-refractivity contribution is 6.04. The van der Waals surface area contributed by atoms with Crippen molar-refractivity contribution in [1.29, 1.82) is 0 Å². The predicted octanol–water partition coefficient (Wildman–Crippen LogP) is 4.88. The third kappa shape index (κ3) is 6.25. The second kappa shape index (κ2) is 12.3. The molecule has 0 radical (unpaired) electrons. The van der Waals surface area contributed by atoms with Crippen molar-refractivity contribution in [1.82, 2.24) is 29.3 Å². The molecule has 2 aliphatic heterocycles. The highest BCUT2D eigenvalue weighted by Crippen LogP contribution is 2.34. The topological polar surface area (TPSA) is 135 Å². The number of ether oxygens (including phenoxy) is 1. The van der Waals surface area contributed by atoms with E-state index >= 15 is 0 Å². The van der Waals surface area contributed by atoms with Crippen LogP contribution in [0.2, 0.25) is 0 Å². The van der Waals surface area contributed by atoms with Crippen molar-refractivity contribution >= 4 is 29.3 Å². The van der Waals surface area contributed by atoms with E-state index in [0.29, 0.717) is 42.4 Å². The van der Waals surface area contributed by atoms with E-state index in [1.165, 1.54) is 0 Å². The SMILES string of the molecule is Cc1c(NC(=O)c2nc3c(n2C)CCNC3)cccc1-c1cccc(NC(=O)c2nc3c(n2C)CCN(C(=O)OC(C)(C)C)C3)c1C. The van der Waals surface area contributed by atoms with Gasteiger partial charge in [-0.2, -0.15) is 0 Å². The second-order valence-corrected chi connectivity index (χ2v) is 13.2. The molecule has 0 unspecified atom stereocenters. The first kappa shape index (κ1) is 32.0. The maximum absolute atomic E-state index is 13.6. The van der Waals surface area contributed by atoms with Crippen LogP contribution in [-0.4, -0.2) is 60.6 Å². The maximum Gasteiger partial charge on any atom is 0.410 e. The zero-order valence-electron chi connectivity index (χ0n) is 28.1. The van der Waals surface area contributed by atoms with Gasteiger partial charge in [-0.3, -0.25) is 9.59 Å². The molecule has 12 nitrogen and oxygen atoms in total. The van der Waals surface area contributed by atoms with E-state index < -0.39 is 5.60 Å². The van der Waals surface area contributed by atoms with Crippen LogP contribution in [0.25, 0.3) is 11.1 Å². The summed E-state index contributed by atoms with van der Waals surface area (Å²) in [6, 6.07) is 11.6. The number of rotatable bonds is 5. The Kier molecular flexibility index (Phi) is 8.39. The van der Waals surface area contributed by atoms with Crippen molar-refractivity contribution in [2.24, 2.45) is 14.1 Å². The number of hydrogen-bond donors (Lipinski definition) is 3. The molecule has 4 heterocycles. The molecule has 47 heavy (non-hydrogen) atoms. The van der Waals surface area contributed by atoms with Crippen molar-refractivity contribution in [3.8, 4) is 11.1 Å². The Hall–Kier alpha value is -4.97. The van der Waals surface area contributed by atoms with Crippen molar-refractivity contribution < 1.29 is 19.1 Å². The first-order chi connectivity index (χ1) is 22.3. The Morgan fingerprint density at radius 1 is 0.809 bits per heavy atom. The summed E-state index contributed by atoms with van der Waals surface area (Å²) in [5.41, 5.74) is 8.03. The highest BCUT2D eigenvalue weighted by atomic mass is 16.6. The fourth-order valence-electron chi connectivity index (χ4n) is 6.35. The molecule has 0 saturated carbocycles. The van der Waals surface area contributed by atoms with Gasteiger partial charge >= 0.3 is 6.09 Å². The average molecular weight is 639 g/mol. The van der Waals surface area contributed by atoms with E-state index in [1.54, 1.807) is 9.47 Å². The van der Waals surface area contributed by atoms with Crippen molar-refractivity contribution in [3.63, 3.8) is 0 Å². The molecule has 0 atom stereocenters. The minimum atomic E-state index is -0.593. The molecule has 246 valence electrons. The Labute approximate surface area is 274 Å². The lowest BCUT2D eigenvalue weighted by Crippen LogP contribution is -2.40. The van der Waals surface area contributed by atoms with Gasteiger partial charge in [-0.05, 0) is 69.0 Å². The summed E-state index contributed by atoms with van der Waals surface area (Å²) in [6.45, 7) is 11.7. The summed E-state index contributed by atoms with van der Waals surface area (Å²) in [4.78, 5) is 50.4. The molecule has 0 bridgehead atoms. The van der Waals surface area contributed by atoms with E-state index in [1.807, 2.05) is 89.7 Å². The smallest absolute Gasteiger partial charge is 0.410 e. The van der Waals surface area contributed by atoms with Crippen LogP contribution in [0.4, 0.5) is 16.2 Å². The average Bonchev–Trinajstić information content (AvgIpc) is 3.55. The van der Waals surface area contributed by atoms with Gasteiger partial charge in [0.2, 0.25) is 0 Å². The van der Waals surface area contributed by atoms with E-state index in [0.717, 1.165) is 52.3 Å². The van der Waals surface area contributed by atoms with Gasteiger partial charge in [0.1, 0.15) is 5.60 Å². The van der Waals surface area contributed by atoms with Gasteiger partial charge in [-0.15, -0.1) is 0 Å². The summed E-state index contributed by atoms with van der Waals surface area (Å²) < 4.78 is 9.23. The van der Waals surface area contributed by atoms with Crippen molar-refractivity contribution in [2.45, 2.75) is 66.2 Å². The molecule has 3 amide bonds. The molecule has 0 fully saturated rings. The molecule has 12 heteroatoms. The van der Waals surface area contributed by atoms with E-state index in [2.05, 4.69) is 25.9 Å². The lowest BCUT2D eigenvalue weighted by molar-refractivity contribution is 0.0220. The minimum absolute atomic E-state index is 0.258. The number of imidazole rings is 2. The van der Waals surface area contributed by atoms with Crippen LogP contribution in [0.15, 0.2) is 36.4 Å². The molecule has 0 spiro atoms. The van der Waals surface area contributed by atoms with Crippen molar-refractivity contribution in [2.75, 3.05) is 23.7 Å². The molecule has 0 aliphatic carbocycles. The number of carbonyl (C=O) groups excluding carboxylic acids is 3. The van der Waals surface area contributed by atoms with Crippen molar-refractivity contribution in [3.05, 3.63) is 81.9 Å². The molecular formula is C35H42N8O4. The molecule has 3 N–H and O–H groups in total. The monoisotopic (exact) mass is 638 g/mol. The van der Waals surface area contributed by atoms with Crippen LogP contribution in [0.5, 0.6) is 0 Å². The van der Waals surface area contributed by atoms with E-state index in [9.17, 15) is 14.4 Å². The van der Waals surface area contributed by atoms with Gasteiger partial charge < -0.3 is 34.7 Å².